The molecule has 4 rings (SSSR count). The molecule has 2 heterocycles. The van der Waals surface area contributed by atoms with Crippen molar-refractivity contribution in [2.75, 3.05) is 6.54 Å². The molecule has 7 heteroatoms. The van der Waals surface area contributed by atoms with Crippen LogP contribution in [0, 0.1) is 13.8 Å². The number of benzene rings is 2. The maximum Gasteiger partial charge on any atom is 0.253 e. The fourth-order valence-electron chi connectivity index (χ4n) is 4.39. The Balaban J connectivity index is 1.94. The van der Waals surface area contributed by atoms with Crippen molar-refractivity contribution >= 4 is 10.9 Å². The average molecular weight is 459 g/mol. The van der Waals surface area contributed by atoms with Gasteiger partial charge in [0.2, 0.25) is 0 Å². The van der Waals surface area contributed by atoms with Gasteiger partial charge in [0.05, 0.1) is 11.1 Å². The van der Waals surface area contributed by atoms with E-state index in [1.54, 1.807) is 0 Å². The van der Waals surface area contributed by atoms with Gasteiger partial charge in [-0.2, -0.15) is 0 Å². The first kappa shape index (κ1) is 23.8. The number of H-pyrrole nitrogens is 1. The van der Waals surface area contributed by atoms with E-state index >= 15 is 0 Å². The molecule has 34 heavy (non-hydrogen) atoms. The fraction of sp³-hybridized carbons (Fsp3) is 0.407. The average Bonchev–Trinajstić information content (AvgIpc) is 3.33. The molecule has 0 saturated carbocycles. The highest BCUT2D eigenvalue weighted by atomic mass is 16.1. The second-order valence-corrected chi connectivity index (χ2v) is 9.59. The van der Waals surface area contributed by atoms with E-state index in [0.29, 0.717) is 17.9 Å². The summed E-state index contributed by atoms with van der Waals surface area (Å²) in [7, 11) is 0. The third kappa shape index (κ3) is 4.40. The van der Waals surface area contributed by atoms with E-state index < -0.39 is 6.04 Å². The first-order chi connectivity index (χ1) is 16.3. The lowest BCUT2D eigenvalue weighted by molar-refractivity contribution is 0.197. The number of tetrazole rings is 1. The monoisotopic (exact) mass is 458 g/mol. The first-order valence-corrected chi connectivity index (χ1v) is 12.0. The number of nitrogens with zero attached hydrogens (tertiary/aromatic N) is 5. The molecule has 0 bridgehead atoms. The maximum absolute atomic E-state index is 13.6. The SMILES string of the molecule is CCN(Cc1ccccc1)[C@@H](c1cc2ccc(C)c(C)c2[nH]c1=O)c1nnnn1C(C)(C)CC. The second kappa shape index (κ2) is 9.50. The molecular weight excluding hydrogens is 424 g/mol. The summed E-state index contributed by atoms with van der Waals surface area (Å²) >= 11 is 0. The van der Waals surface area contributed by atoms with Crippen molar-refractivity contribution in [3.8, 4) is 0 Å². The summed E-state index contributed by atoms with van der Waals surface area (Å²) in [5.41, 5.74) is 4.55. The van der Waals surface area contributed by atoms with Crippen LogP contribution in [0.4, 0.5) is 0 Å². The molecule has 0 saturated heterocycles. The zero-order chi connectivity index (χ0) is 24.5. The van der Waals surface area contributed by atoms with Gasteiger partial charge >= 0.3 is 0 Å². The predicted octanol–water partition coefficient (Wildman–Crippen LogP) is 4.89. The highest BCUT2D eigenvalue weighted by Crippen LogP contribution is 2.32. The largest absolute Gasteiger partial charge is 0.321 e. The zero-order valence-electron chi connectivity index (χ0n) is 21.0. The molecule has 0 fully saturated rings. The molecule has 178 valence electrons. The van der Waals surface area contributed by atoms with Crippen molar-refractivity contribution in [3.63, 3.8) is 0 Å². The van der Waals surface area contributed by atoms with Crippen molar-refractivity contribution in [2.45, 2.75) is 66.1 Å². The van der Waals surface area contributed by atoms with Gasteiger partial charge in [0.15, 0.2) is 5.82 Å². The summed E-state index contributed by atoms with van der Waals surface area (Å²) in [6.07, 6.45) is 0.856. The van der Waals surface area contributed by atoms with Crippen LogP contribution in [0.1, 0.15) is 68.2 Å². The van der Waals surface area contributed by atoms with Crippen LogP contribution < -0.4 is 5.56 Å². The highest BCUT2D eigenvalue weighted by molar-refractivity contribution is 5.83. The number of aryl methyl sites for hydroxylation is 2. The van der Waals surface area contributed by atoms with Crippen LogP contribution in [-0.2, 0) is 12.1 Å². The van der Waals surface area contributed by atoms with Crippen LogP contribution in [-0.4, -0.2) is 36.6 Å². The zero-order valence-corrected chi connectivity index (χ0v) is 21.0. The van der Waals surface area contributed by atoms with E-state index in [1.165, 1.54) is 5.56 Å². The Morgan fingerprint density at radius 3 is 2.50 bits per heavy atom. The predicted molar refractivity (Wildman–Crippen MR) is 136 cm³/mol. The maximum atomic E-state index is 13.6. The molecule has 4 aromatic rings. The second-order valence-electron chi connectivity index (χ2n) is 9.59. The van der Waals surface area contributed by atoms with Gasteiger partial charge < -0.3 is 4.98 Å². The third-order valence-electron chi connectivity index (χ3n) is 7.05. The molecule has 0 aliphatic heterocycles. The van der Waals surface area contributed by atoms with Crippen molar-refractivity contribution in [1.29, 1.82) is 0 Å². The summed E-state index contributed by atoms with van der Waals surface area (Å²) < 4.78 is 1.88. The molecular formula is C27H34N6O. The smallest absolute Gasteiger partial charge is 0.253 e. The number of nitrogens with one attached hydrogen (secondary N) is 1. The molecule has 0 amide bonds. The van der Waals surface area contributed by atoms with Crippen LogP contribution in [0.25, 0.3) is 10.9 Å². The minimum Gasteiger partial charge on any atom is -0.321 e. The van der Waals surface area contributed by atoms with Gasteiger partial charge in [0.1, 0.15) is 6.04 Å². The number of hydrogen-bond donors (Lipinski definition) is 1. The van der Waals surface area contributed by atoms with Gasteiger partial charge in [0.25, 0.3) is 5.56 Å². The molecule has 7 nitrogen and oxygen atoms in total. The Kier molecular flexibility index (Phi) is 6.66. The Morgan fingerprint density at radius 1 is 1.09 bits per heavy atom. The first-order valence-electron chi connectivity index (χ1n) is 12.0. The minimum atomic E-state index is -0.402. The van der Waals surface area contributed by atoms with Crippen LogP contribution >= 0.6 is 0 Å². The standard InChI is InChI=1S/C27H34N6O/c1-7-27(5,6)33-25(29-30-31-33)24(32(8-2)17-20-12-10-9-11-13-20)22-16-21-15-14-18(3)19(4)23(21)28-26(22)34/h9-16,24H,7-8,17H2,1-6H3,(H,28,34)/t24-/m0/s1. The van der Waals surface area contributed by atoms with Crippen LogP contribution in [0.5, 0.6) is 0 Å². The third-order valence-corrected chi connectivity index (χ3v) is 7.05. The molecule has 0 aliphatic carbocycles. The Labute approximate surface area is 200 Å². The van der Waals surface area contributed by atoms with E-state index in [9.17, 15) is 4.79 Å². The number of pyridine rings is 1. The van der Waals surface area contributed by atoms with Gasteiger partial charge in [-0.1, -0.05) is 56.3 Å². The van der Waals surface area contributed by atoms with Crippen molar-refractivity contribution in [1.82, 2.24) is 30.1 Å². The quantitative estimate of drug-likeness (QED) is 0.407. The molecule has 0 unspecified atom stereocenters. The van der Waals surface area contributed by atoms with Crippen molar-refractivity contribution < 1.29 is 0 Å². The van der Waals surface area contributed by atoms with Gasteiger partial charge in [-0.15, -0.1) is 5.10 Å². The van der Waals surface area contributed by atoms with E-state index in [-0.39, 0.29) is 11.1 Å². The summed E-state index contributed by atoms with van der Waals surface area (Å²) in [4.78, 5) is 19.0. The van der Waals surface area contributed by atoms with Crippen LogP contribution in [0.2, 0.25) is 0 Å². The van der Waals surface area contributed by atoms with Gasteiger partial charge in [-0.3, -0.25) is 9.69 Å². The Morgan fingerprint density at radius 2 is 1.82 bits per heavy atom. The number of aromatic amines is 1. The normalized spacial score (nSPS) is 13.0. The van der Waals surface area contributed by atoms with Crippen molar-refractivity contribution in [2.24, 2.45) is 0 Å². The minimum absolute atomic E-state index is 0.110. The molecule has 0 radical (unpaired) electrons. The summed E-state index contributed by atoms with van der Waals surface area (Å²) in [5.74, 6) is 0.679. The lowest BCUT2D eigenvalue weighted by Crippen LogP contribution is -2.38. The molecule has 0 spiro atoms. The number of rotatable bonds is 8. The molecule has 2 aromatic carbocycles. The van der Waals surface area contributed by atoms with Gasteiger partial charge in [-0.05, 0) is 79.2 Å². The van der Waals surface area contributed by atoms with Crippen LogP contribution in [0.15, 0.2) is 53.3 Å². The molecule has 0 aliphatic rings. The number of hydrogen-bond acceptors (Lipinski definition) is 5. The molecule has 2 aromatic heterocycles. The Bertz CT molecular complexity index is 1340. The number of fused-ring (bicyclic) bond motifs is 1. The van der Waals surface area contributed by atoms with Gasteiger partial charge in [0, 0.05) is 12.1 Å². The highest BCUT2D eigenvalue weighted by Gasteiger charge is 2.34. The lowest BCUT2D eigenvalue weighted by Gasteiger charge is -2.33. The Hall–Kier alpha value is -3.32. The summed E-state index contributed by atoms with van der Waals surface area (Å²) in [5, 5.41) is 13.9. The fourth-order valence-corrected chi connectivity index (χ4v) is 4.39. The van der Waals surface area contributed by atoms with E-state index in [2.05, 4.69) is 84.3 Å². The van der Waals surface area contributed by atoms with Crippen molar-refractivity contribution in [3.05, 3.63) is 87.0 Å². The van der Waals surface area contributed by atoms with Crippen LogP contribution in [0.3, 0.4) is 0 Å². The topological polar surface area (TPSA) is 79.7 Å². The summed E-state index contributed by atoms with van der Waals surface area (Å²) in [6, 6.07) is 16.1. The van der Waals surface area contributed by atoms with E-state index in [1.807, 2.05) is 35.9 Å². The molecule has 1 atom stereocenters. The van der Waals surface area contributed by atoms with Gasteiger partial charge in [-0.25, -0.2) is 4.68 Å². The van der Waals surface area contributed by atoms with E-state index in [0.717, 1.165) is 35.0 Å². The summed E-state index contributed by atoms with van der Waals surface area (Å²) in [6.45, 7) is 14.0. The molecule has 1 N–H and O–H groups in total. The lowest BCUT2D eigenvalue weighted by atomic mass is 9.98. The van der Waals surface area contributed by atoms with E-state index in [4.69, 9.17) is 0 Å². The number of aromatic nitrogens is 5.